The summed E-state index contributed by atoms with van der Waals surface area (Å²) in [7, 11) is 2.01. The van der Waals surface area contributed by atoms with Gasteiger partial charge in [-0.05, 0) is 32.0 Å². The van der Waals surface area contributed by atoms with Gasteiger partial charge in [0, 0.05) is 24.5 Å². The summed E-state index contributed by atoms with van der Waals surface area (Å²) in [4.78, 5) is 12.8. The van der Waals surface area contributed by atoms with Gasteiger partial charge in [0.1, 0.15) is 0 Å². The van der Waals surface area contributed by atoms with Crippen LogP contribution < -0.4 is 16.0 Å². The van der Waals surface area contributed by atoms with Crippen molar-refractivity contribution in [3.63, 3.8) is 0 Å². The number of hydrogen-bond donors (Lipinski definition) is 2. The Kier molecular flexibility index (Phi) is 3.55. The maximum Gasteiger partial charge on any atom is 0.316 e. The molecule has 0 aliphatic rings. The number of amides is 2. The molecule has 0 aliphatic carbocycles. The zero-order valence-corrected chi connectivity index (χ0v) is 9.32. The smallest absolute Gasteiger partial charge is 0.316 e. The molecule has 1 aromatic rings. The molecular formula is C11H17N3O. The molecule has 0 unspecified atom stereocenters. The number of anilines is 2. The van der Waals surface area contributed by atoms with E-state index in [-0.39, 0.29) is 0 Å². The summed E-state index contributed by atoms with van der Waals surface area (Å²) in [6.07, 6.45) is 0. The van der Waals surface area contributed by atoms with Crippen molar-refractivity contribution in [2.45, 2.75) is 19.9 Å². The van der Waals surface area contributed by atoms with Crippen LogP contribution in [-0.2, 0) is 0 Å². The van der Waals surface area contributed by atoms with Crippen molar-refractivity contribution in [2.24, 2.45) is 5.73 Å². The number of primary amides is 1. The van der Waals surface area contributed by atoms with Crippen molar-refractivity contribution < 1.29 is 4.79 Å². The third-order valence-electron chi connectivity index (χ3n) is 2.30. The first-order valence-corrected chi connectivity index (χ1v) is 4.90. The maximum absolute atomic E-state index is 10.7. The van der Waals surface area contributed by atoms with Gasteiger partial charge in [0.05, 0.1) is 0 Å². The first kappa shape index (κ1) is 11.4. The van der Waals surface area contributed by atoms with Gasteiger partial charge in [0.15, 0.2) is 0 Å². The van der Waals surface area contributed by atoms with Crippen molar-refractivity contribution >= 4 is 17.4 Å². The fourth-order valence-corrected chi connectivity index (χ4v) is 1.24. The van der Waals surface area contributed by atoms with Gasteiger partial charge in [-0.15, -0.1) is 0 Å². The molecule has 0 saturated carbocycles. The number of nitrogens with two attached hydrogens (primary N) is 1. The van der Waals surface area contributed by atoms with E-state index < -0.39 is 6.03 Å². The summed E-state index contributed by atoms with van der Waals surface area (Å²) < 4.78 is 0. The Bertz CT molecular complexity index is 349. The van der Waals surface area contributed by atoms with E-state index in [9.17, 15) is 4.79 Å². The molecule has 4 nitrogen and oxygen atoms in total. The second-order valence-corrected chi connectivity index (χ2v) is 3.74. The van der Waals surface area contributed by atoms with E-state index >= 15 is 0 Å². The number of urea groups is 1. The molecule has 0 heterocycles. The van der Waals surface area contributed by atoms with Crippen LogP contribution in [0.5, 0.6) is 0 Å². The molecule has 0 spiro atoms. The standard InChI is InChI=1S/C11H17N3O/c1-8(2)14(3)10-6-4-5-9(7-10)13-11(12)15/h4-8H,1-3H3,(H3,12,13,15). The average molecular weight is 207 g/mol. The third kappa shape index (κ3) is 3.16. The fourth-order valence-electron chi connectivity index (χ4n) is 1.24. The summed E-state index contributed by atoms with van der Waals surface area (Å²) in [5, 5.41) is 2.55. The molecule has 0 aromatic heterocycles. The van der Waals surface area contributed by atoms with Crippen molar-refractivity contribution in [3.05, 3.63) is 24.3 Å². The van der Waals surface area contributed by atoms with E-state index in [2.05, 4.69) is 24.1 Å². The van der Waals surface area contributed by atoms with Crippen LogP contribution in [0.1, 0.15) is 13.8 Å². The van der Waals surface area contributed by atoms with E-state index in [1.165, 1.54) is 0 Å². The quantitative estimate of drug-likeness (QED) is 0.796. The molecule has 0 atom stereocenters. The Balaban J connectivity index is 2.87. The molecule has 0 fully saturated rings. The second kappa shape index (κ2) is 4.68. The number of benzene rings is 1. The minimum absolute atomic E-state index is 0.411. The number of nitrogens with one attached hydrogen (secondary N) is 1. The highest BCUT2D eigenvalue weighted by Crippen LogP contribution is 2.19. The molecule has 15 heavy (non-hydrogen) atoms. The molecule has 0 saturated heterocycles. The topological polar surface area (TPSA) is 58.4 Å². The number of nitrogens with zero attached hydrogens (tertiary/aromatic N) is 1. The molecule has 0 bridgehead atoms. The Morgan fingerprint density at radius 1 is 1.47 bits per heavy atom. The summed E-state index contributed by atoms with van der Waals surface area (Å²) in [5.74, 6) is 0. The summed E-state index contributed by atoms with van der Waals surface area (Å²) in [6, 6.07) is 7.45. The molecule has 0 radical (unpaired) electrons. The Morgan fingerprint density at radius 2 is 2.13 bits per heavy atom. The molecule has 1 aromatic carbocycles. The number of carbonyl (C=O) groups excluding carboxylic acids is 1. The fraction of sp³-hybridized carbons (Fsp3) is 0.364. The normalized spacial score (nSPS) is 10.1. The van der Waals surface area contributed by atoms with Gasteiger partial charge in [-0.2, -0.15) is 0 Å². The van der Waals surface area contributed by atoms with E-state index in [1.807, 2.05) is 31.3 Å². The van der Waals surface area contributed by atoms with Crippen LogP contribution in [0, 0.1) is 0 Å². The highest BCUT2D eigenvalue weighted by molar-refractivity contribution is 5.88. The molecule has 1 rings (SSSR count). The van der Waals surface area contributed by atoms with E-state index in [1.54, 1.807) is 0 Å². The van der Waals surface area contributed by atoms with Gasteiger partial charge in [-0.1, -0.05) is 6.07 Å². The lowest BCUT2D eigenvalue weighted by atomic mass is 10.2. The molecule has 3 N–H and O–H groups in total. The van der Waals surface area contributed by atoms with Crippen LogP contribution in [0.15, 0.2) is 24.3 Å². The van der Waals surface area contributed by atoms with Crippen molar-refractivity contribution in [1.29, 1.82) is 0 Å². The average Bonchev–Trinajstić information content (AvgIpc) is 2.16. The largest absolute Gasteiger partial charge is 0.372 e. The zero-order valence-electron chi connectivity index (χ0n) is 9.32. The van der Waals surface area contributed by atoms with Crippen LogP contribution >= 0.6 is 0 Å². The molecule has 4 heteroatoms. The highest BCUT2D eigenvalue weighted by Gasteiger charge is 2.05. The first-order valence-electron chi connectivity index (χ1n) is 4.90. The van der Waals surface area contributed by atoms with Crippen LogP contribution in [0.2, 0.25) is 0 Å². The molecular weight excluding hydrogens is 190 g/mol. The third-order valence-corrected chi connectivity index (χ3v) is 2.30. The van der Waals surface area contributed by atoms with Crippen LogP contribution in [0.25, 0.3) is 0 Å². The molecule has 82 valence electrons. The molecule has 0 aliphatic heterocycles. The lowest BCUT2D eigenvalue weighted by Crippen LogP contribution is -2.26. The minimum atomic E-state index is -0.542. The monoisotopic (exact) mass is 207 g/mol. The number of hydrogen-bond acceptors (Lipinski definition) is 2. The van der Waals surface area contributed by atoms with E-state index in [0.29, 0.717) is 11.7 Å². The lowest BCUT2D eigenvalue weighted by Gasteiger charge is -2.24. The predicted octanol–water partition coefficient (Wildman–Crippen LogP) is 2.02. The predicted molar refractivity (Wildman–Crippen MR) is 63.2 cm³/mol. The first-order chi connectivity index (χ1) is 7.00. The van der Waals surface area contributed by atoms with Gasteiger partial charge in [0.25, 0.3) is 0 Å². The van der Waals surface area contributed by atoms with Gasteiger partial charge >= 0.3 is 6.03 Å². The summed E-state index contributed by atoms with van der Waals surface area (Å²) in [6.45, 7) is 4.21. The van der Waals surface area contributed by atoms with Gasteiger partial charge in [0.2, 0.25) is 0 Å². The zero-order chi connectivity index (χ0) is 11.4. The Labute approximate surface area is 90.1 Å². The van der Waals surface area contributed by atoms with Crippen molar-refractivity contribution in [2.75, 3.05) is 17.3 Å². The van der Waals surface area contributed by atoms with Gasteiger partial charge in [-0.25, -0.2) is 4.79 Å². The maximum atomic E-state index is 10.7. The minimum Gasteiger partial charge on any atom is -0.372 e. The van der Waals surface area contributed by atoms with Crippen molar-refractivity contribution in [1.82, 2.24) is 0 Å². The highest BCUT2D eigenvalue weighted by atomic mass is 16.2. The van der Waals surface area contributed by atoms with Gasteiger partial charge in [-0.3, -0.25) is 0 Å². The van der Waals surface area contributed by atoms with Crippen LogP contribution in [0.3, 0.4) is 0 Å². The Morgan fingerprint density at radius 3 is 2.67 bits per heavy atom. The molecule has 2 amide bonds. The summed E-state index contributed by atoms with van der Waals surface area (Å²) >= 11 is 0. The van der Waals surface area contributed by atoms with Crippen molar-refractivity contribution in [3.8, 4) is 0 Å². The lowest BCUT2D eigenvalue weighted by molar-refractivity contribution is 0.259. The van der Waals surface area contributed by atoms with Gasteiger partial charge < -0.3 is 16.0 Å². The van der Waals surface area contributed by atoms with E-state index in [4.69, 9.17) is 5.73 Å². The number of carbonyl (C=O) groups is 1. The van der Waals surface area contributed by atoms with E-state index in [0.717, 1.165) is 5.69 Å². The number of rotatable bonds is 3. The van der Waals surface area contributed by atoms with Crippen LogP contribution in [-0.4, -0.2) is 19.1 Å². The summed E-state index contributed by atoms with van der Waals surface area (Å²) in [5.41, 5.74) is 6.81. The second-order valence-electron chi connectivity index (χ2n) is 3.74. The SMILES string of the molecule is CC(C)N(C)c1cccc(NC(N)=O)c1. The van der Waals surface area contributed by atoms with Crippen LogP contribution in [0.4, 0.5) is 16.2 Å². The Hall–Kier alpha value is -1.71.